The molecule has 0 saturated heterocycles. The molecule has 0 unspecified atom stereocenters. The molecule has 0 radical (unpaired) electrons. The van der Waals surface area contributed by atoms with Crippen molar-refractivity contribution in [2.75, 3.05) is 4.90 Å². The fourth-order valence-electron chi connectivity index (χ4n) is 3.30. The summed E-state index contributed by atoms with van der Waals surface area (Å²) < 4.78 is 0.867. The summed E-state index contributed by atoms with van der Waals surface area (Å²) >= 11 is 0. The third kappa shape index (κ3) is 2.86. The molecular weight excluding hydrogens is 324 g/mol. The minimum atomic E-state index is 0.00300. The summed E-state index contributed by atoms with van der Waals surface area (Å²) in [5, 5.41) is 12.1. The first-order chi connectivity index (χ1) is 12.6. The second-order valence-corrected chi connectivity index (χ2v) is 6.32. The molecule has 4 rings (SSSR count). The predicted molar refractivity (Wildman–Crippen MR) is 103 cm³/mol. The number of amides is 1. The van der Waals surface area contributed by atoms with Crippen molar-refractivity contribution in [3.8, 4) is 11.3 Å². The number of pyridine rings is 1. The molecule has 0 fully saturated rings. The van der Waals surface area contributed by atoms with Gasteiger partial charge in [-0.25, -0.2) is 0 Å². The number of rotatable bonds is 1. The van der Waals surface area contributed by atoms with E-state index in [9.17, 15) is 10.0 Å². The fourth-order valence-corrected chi connectivity index (χ4v) is 3.30. The number of anilines is 1. The molecule has 0 saturated carbocycles. The highest BCUT2D eigenvalue weighted by Gasteiger charge is 2.19. The Labute approximate surface area is 152 Å². The number of hydrogen-bond donors (Lipinski definition) is 0. The zero-order valence-corrected chi connectivity index (χ0v) is 14.4. The summed E-state index contributed by atoms with van der Waals surface area (Å²) in [5.41, 5.74) is 5.42. The van der Waals surface area contributed by atoms with Crippen LogP contribution in [0.3, 0.4) is 0 Å². The Bertz CT molecular complexity index is 1020. The van der Waals surface area contributed by atoms with Crippen LogP contribution in [0, 0.1) is 5.21 Å². The van der Waals surface area contributed by atoms with Crippen LogP contribution in [0.4, 0.5) is 5.69 Å². The number of nitrogens with zero attached hydrogens (tertiary/aromatic N) is 2. The first-order valence-corrected chi connectivity index (χ1v) is 8.50. The molecule has 0 N–H and O–H groups in total. The molecule has 1 aliphatic rings. The number of aromatic nitrogens is 1. The zero-order chi connectivity index (χ0) is 18.1. The summed E-state index contributed by atoms with van der Waals surface area (Å²) in [7, 11) is 0. The Hall–Kier alpha value is -3.40. The van der Waals surface area contributed by atoms with Gasteiger partial charge in [-0.1, -0.05) is 36.4 Å². The van der Waals surface area contributed by atoms with Gasteiger partial charge in [0, 0.05) is 24.6 Å². The number of carbonyl (C=O) groups is 1. The summed E-state index contributed by atoms with van der Waals surface area (Å²) in [6.45, 7) is 2.08. The molecule has 1 amide bonds. The lowest BCUT2D eigenvalue weighted by Crippen LogP contribution is -2.29. The Morgan fingerprint density at radius 1 is 1.00 bits per heavy atom. The molecule has 128 valence electrons. The fraction of sp³-hybridized carbons (Fsp3) is 0.0909. The first-order valence-electron chi connectivity index (χ1n) is 8.50. The van der Waals surface area contributed by atoms with Crippen molar-refractivity contribution in [1.82, 2.24) is 0 Å². The van der Waals surface area contributed by atoms with E-state index in [1.807, 2.05) is 60.7 Å². The Morgan fingerprint density at radius 3 is 2.58 bits per heavy atom. The van der Waals surface area contributed by atoms with Crippen LogP contribution < -0.4 is 9.63 Å². The summed E-state index contributed by atoms with van der Waals surface area (Å²) in [5.74, 6) is 0.00300. The van der Waals surface area contributed by atoms with E-state index < -0.39 is 0 Å². The van der Waals surface area contributed by atoms with E-state index in [0.29, 0.717) is 12.2 Å². The number of hydrogen-bond acceptors (Lipinski definition) is 2. The van der Waals surface area contributed by atoms with E-state index >= 15 is 0 Å². The van der Waals surface area contributed by atoms with Crippen LogP contribution in [0.25, 0.3) is 23.4 Å². The Morgan fingerprint density at radius 2 is 1.77 bits per heavy atom. The zero-order valence-electron chi connectivity index (χ0n) is 14.4. The van der Waals surface area contributed by atoms with Crippen LogP contribution in [0.5, 0.6) is 0 Å². The van der Waals surface area contributed by atoms with Gasteiger partial charge < -0.3 is 10.1 Å². The van der Waals surface area contributed by atoms with Crippen LogP contribution >= 0.6 is 0 Å². The summed E-state index contributed by atoms with van der Waals surface area (Å²) in [6, 6.07) is 19.2. The lowest BCUT2D eigenvalue weighted by molar-refractivity contribution is -0.593. The average molecular weight is 342 g/mol. The normalized spacial score (nSPS) is 14.0. The molecule has 1 aromatic heterocycles. The van der Waals surface area contributed by atoms with Crippen molar-refractivity contribution in [2.24, 2.45) is 0 Å². The minimum absolute atomic E-state index is 0.00300. The van der Waals surface area contributed by atoms with Crippen LogP contribution in [0.15, 0.2) is 66.9 Å². The molecule has 0 bridgehead atoms. The van der Waals surface area contributed by atoms with Crippen molar-refractivity contribution in [2.45, 2.75) is 13.5 Å². The molecule has 0 atom stereocenters. The SMILES string of the molecule is CC(=O)N1Cc2ccc(-c3cccc[n+]3[O-])cc2/C=C\c2ccccc21. The quantitative estimate of drug-likeness (QED) is 0.495. The van der Waals surface area contributed by atoms with E-state index in [1.54, 1.807) is 24.0 Å². The van der Waals surface area contributed by atoms with Crippen molar-refractivity contribution >= 4 is 23.7 Å². The van der Waals surface area contributed by atoms with Crippen LogP contribution in [0.2, 0.25) is 0 Å². The molecule has 0 spiro atoms. The number of fused-ring (bicyclic) bond motifs is 2. The van der Waals surface area contributed by atoms with Crippen LogP contribution in [0.1, 0.15) is 23.6 Å². The van der Waals surface area contributed by atoms with Gasteiger partial charge in [-0.2, -0.15) is 4.73 Å². The Kier molecular flexibility index (Phi) is 4.01. The van der Waals surface area contributed by atoms with Gasteiger partial charge in [0.1, 0.15) is 0 Å². The molecular formula is C22H18N2O2. The van der Waals surface area contributed by atoms with Gasteiger partial charge in [0.05, 0.1) is 12.2 Å². The minimum Gasteiger partial charge on any atom is -0.618 e. The monoisotopic (exact) mass is 342 g/mol. The molecule has 0 aliphatic carbocycles. The maximum atomic E-state index is 12.2. The summed E-state index contributed by atoms with van der Waals surface area (Å²) in [6.07, 6.45) is 5.56. The third-order valence-electron chi connectivity index (χ3n) is 4.64. The molecule has 2 aromatic carbocycles. The molecule has 2 heterocycles. The maximum Gasteiger partial charge on any atom is 0.224 e. The van der Waals surface area contributed by atoms with Gasteiger partial charge in [-0.15, -0.1) is 0 Å². The lowest BCUT2D eigenvalue weighted by Gasteiger charge is -2.26. The maximum absolute atomic E-state index is 12.2. The van der Waals surface area contributed by atoms with Crippen LogP contribution in [-0.2, 0) is 11.3 Å². The first kappa shape index (κ1) is 16.1. The second kappa shape index (κ2) is 6.48. The number of para-hydroxylation sites is 1. The van der Waals surface area contributed by atoms with E-state index in [4.69, 9.17) is 0 Å². The average Bonchev–Trinajstić information content (AvgIpc) is 2.63. The van der Waals surface area contributed by atoms with Gasteiger partial charge >= 0.3 is 0 Å². The lowest BCUT2D eigenvalue weighted by atomic mass is 9.97. The van der Waals surface area contributed by atoms with Crippen molar-refractivity contribution < 1.29 is 9.52 Å². The smallest absolute Gasteiger partial charge is 0.224 e. The van der Waals surface area contributed by atoms with Gasteiger partial charge in [-0.3, -0.25) is 4.79 Å². The highest BCUT2D eigenvalue weighted by atomic mass is 16.5. The van der Waals surface area contributed by atoms with Crippen molar-refractivity contribution in [3.05, 3.63) is 88.8 Å². The standard InChI is InChI=1S/C22H18N2O2/c1-16(25)23-15-20-12-11-19(22-8-4-5-13-24(22)26)14-18(20)10-9-17-6-2-3-7-21(17)23/h2-14H,15H2,1H3/b10-9-. The third-order valence-corrected chi connectivity index (χ3v) is 4.64. The molecule has 4 heteroatoms. The van der Waals surface area contributed by atoms with Gasteiger partial charge in [0.2, 0.25) is 11.6 Å². The molecule has 1 aliphatic heterocycles. The van der Waals surface area contributed by atoms with E-state index in [2.05, 4.69) is 0 Å². The van der Waals surface area contributed by atoms with E-state index in [0.717, 1.165) is 32.7 Å². The summed E-state index contributed by atoms with van der Waals surface area (Å²) in [4.78, 5) is 14.0. The second-order valence-electron chi connectivity index (χ2n) is 6.32. The van der Waals surface area contributed by atoms with Gasteiger partial charge in [0.25, 0.3) is 0 Å². The van der Waals surface area contributed by atoms with Gasteiger partial charge in [-0.05, 0) is 41.0 Å². The van der Waals surface area contributed by atoms with Gasteiger partial charge in [0.15, 0.2) is 6.20 Å². The number of benzene rings is 2. The van der Waals surface area contributed by atoms with Crippen LogP contribution in [-0.4, -0.2) is 5.91 Å². The topological polar surface area (TPSA) is 47.2 Å². The van der Waals surface area contributed by atoms with E-state index in [1.165, 1.54) is 6.20 Å². The van der Waals surface area contributed by atoms with E-state index in [-0.39, 0.29) is 5.91 Å². The van der Waals surface area contributed by atoms with Crippen molar-refractivity contribution in [1.29, 1.82) is 0 Å². The van der Waals surface area contributed by atoms with Crippen molar-refractivity contribution in [3.63, 3.8) is 0 Å². The number of carbonyl (C=O) groups excluding carboxylic acids is 1. The predicted octanol–water partition coefficient (Wildman–Crippen LogP) is 4.02. The molecule has 4 nitrogen and oxygen atoms in total. The molecule has 26 heavy (non-hydrogen) atoms. The highest BCUT2D eigenvalue weighted by Crippen LogP contribution is 2.30. The molecule has 3 aromatic rings. The Balaban J connectivity index is 1.85. The highest BCUT2D eigenvalue weighted by molar-refractivity contribution is 5.95. The largest absolute Gasteiger partial charge is 0.618 e.